The average molecular weight is 314 g/mol. The van der Waals surface area contributed by atoms with E-state index in [1.54, 1.807) is 18.2 Å². The van der Waals surface area contributed by atoms with Gasteiger partial charge in [0.25, 0.3) is 5.91 Å². The second kappa shape index (κ2) is 5.86. The Labute approximate surface area is 114 Å². The third kappa shape index (κ3) is 3.73. The number of carbonyl (C=O) groups excluding carboxylic acids is 2. The van der Waals surface area contributed by atoms with E-state index in [1.807, 2.05) is 13.8 Å². The molecule has 2 amide bonds. The fourth-order valence-electron chi connectivity index (χ4n) is 1.56. The summed E-state index contributed by atoms with van der Waals surface area (Å²) in [6, 6.07) is 4.81. The number of primary amides is 1. The number of benzene rings is 1. The van der Waals surface area contributed by atoms with Crippen LogP contribution in [0.4, 0.5) is 5.69 Å². The van der Waals surface area contributed by atoms with E-state index >= 15 is 0 Å². The number of hydrogen-bond acceptors (Lipinski definition) is 3. The molecule has 18 heavy (non-hydrogen) atoms. The Morgan fingerprint density at radius 2 is 1.94 bits per heavy atom. The fourth-order valence-corrected chi connectivity index (χ4v) is 2.07. The fraction of sp³-hybridized carbons (Fsp3) is 0.333. The van der Waals surface area contributed by atoms with E-state index in [4.69, 9.17) is 11.5 Å². The Kier molecular flexibility index (Phi) is 4.72. The van der Waals surface area contributed by atoms with Gasteiger partial charge in [-0.25, -0.2) is 0 Å². The summed E-state index contributed by atoms with van der Waals surface area (Å²) in [5.74, 6) is -0.809. The number of rotatable bonds is 4. The minimum absolute atomic E-state index is 0.108. The molecule has 5 nitrogen and oxygen atoms in total. The molecule has 0 aliphatic rings. The van der Waals surface area contributed by atoms with E-state index in [0.717, 1.165) is 0 Å². The molecule has 0 aromatic heterocycles. The summed E-state index contributed by atoms with van der Waals surface area (Å²) in [4.78, 5) is 24.7. The molecule has 0 heterocycles. The number of halogens is 1. The maximum Gasteiger partial charge on any atom is 0.254 e. The topological polar surface area (TPSA) is 89.4 Å². The zero-order valence-electron chi connectivity index (χ0n) is 10.3. The SMILES string of the molecule is CC(C)N(CC(N)=O)C(=O)c1cc(N)cc(Br)c1. The standard InChI is InChI=1S/C12H16BrN3O2/c1-7(2)16(6-11(15)17)12(18)8-3-9(13)5-10(14)4-8/h3-5,7H,6,14H2,1-2H3,(H2,15,17). The largest absolute Gasteiger partial charge is 0.399 e. The van der Waals surface area contributed by atoms with Crippen molar-refractivity contribution in [3.05, 3.63) is 28.2 Å². The Balaban J connectivity index is 3.05. The van der Waals surface area contributed by atoms with Crippen molar-refractivity contribution in [2.24, 2.45) is 5.73 Å². The zero-order chi connectivity index (χ0) is 13.9. The van der Waals surface area contributed by atoms with Crippen LogP contribution in [0.2, 0.25) is 0 Å². The van der Waals surface area contributed by atoms with E-state index in [1.165, 1.54) is 4.90 Å². The summed E-state index contributed by atoms with van der Waals surface area (Å²) in [7, 11) is 0. The predicted molar refractivity (Wildman–Crippen MR) is 73.9 cm³/mol. The van der Waals surface area contributed by atoms with Crippen molar-refractivity contribution < 1.29 is 9.59 Å². The van der Waals surface area contributed by atoms with E-state index < -0.39 is 5.91 Å². The maximum atomic E-state index is 12.3. The van der Waals surface area contributed by atoms with Crippen molar-refractivity contribution >= 4 is 33.4 Å². The summed E-state index contributed by atoms with van der Waals surface area (Å²) in [6.07, 6.45) is 0. The molecule has 0 atom stereocenters. The van der Waals surface area contributed by atoms with Crippen LogP contribution in [0, 0.1) is 0 Å². The number of nitrogens with two attached hydrogens (primary N) is 2. The number of anilines is 1. The monoisotopic (exact) mass is 313 g/mol. The zero-order valence-corrected chi connectivity index (χ0v) is 11.9. The summed E-state index contributed by atoms with van der Waals surface area (Å²) in [5, 5.41) is 0. The molecule has 0 saturated heterocycles. The van der Waals surface area contributed by atoms with Crippen LogP contribution in [0.15, 0.2) is 22.7 Å². The van der Waals surface area contributed by atoms with Gasteiger partial charge in [0.2, 0.25) is 5.91 Å². The van der Waals surface area contributed by atoms with Crippen molar-refractivity contribution in [3.63, 3.8) is 0 Å². The maximum absolute atomic E-state index is 12.3. The van der Waals surface area contributed by atoms with Crippen LogP contribution in [0.1, 0.15) is 24.2 Å². The molecule has 0 spiro atoms. The first-order chi connectivity index (χ1) is 8.31. The number of nitrogen functional groups attached to an aromatic ring is 1. The highest BCUT2D eigenvalue weighted by Crippen LogP contribution is 2.19. The van der Waals surface area contributed by atoms with Crippen molar-refractivity contribution in [1.82, 2.24) is 4.90 Å². The molecular weight excluding hydrogens is 298 g/mol. The lowest BCUT2D eigenvalue weighted by atomic mass is 10.1. The minimum Gasteiger partial charge on any atom is -0.399 e. The van der Waals surface area contributed by atoms with E-state index in [2.05, 4.69) is 15.9 Å². The molecule has 4 N–H and O–H groups in total. The van der Waals surface area contributed by atoms with Gasteiger partial charge in [0.15, 0.2) is 0 Å². The number of carbonyl (C=O) groups is 2. The normalized spacial score (nSPS) is 10.4. The highest BCUT2D eigenvalue weighted by molar-refractivity contribution is 9.10. The van der Waals surface area contributed by atoms with Crippen molar-refractivity contribution in [2.45, 2.75) is 19.9 Å². The van der Waals surface area contributed by atoms with Gasteiger partial charge in [-0.2, -0.15) is 0 Å². The van der Waals surface area contributed by atoms with Gasteiger partial charge in [0, 0.05) is 21.8 Å². The Morgan fingerprint density at radius 3 is 2.39 bits per heavy atom. The molecule has 6 heteroatoms. The van der Waals surface area contributed by atoms with Gasteiger partial charge in [-0.05, 0) is 32.0 Å². The van der Waals surface area contributed by atoms with Gasteiger partial charge in [-0.1, -0.05) is 15.9 Å². The lowest BCUT2D eigenvalue weighted by Crippen LogP contribution is -2.42. The molecule has 1 aromatic carbocycles. The molecule has 0 saturated carbocycles. The first-order valence-corrected chi connectivity index (χ1v) is 6.26. The molecule has 0 bridgehead atoms. The van der Waals surface area contributed by atoms with Crippen LogP contribution in [0.5, 0.6) is 0 Å². The van der Waals surface area contributed by atoms with Gasteiger partial charge in [0.1, 0.15) is 0 Å². The quantitative estimate of drug-likeness (QED) is 0.823. The van der Waals surface area contributed by atoms with E-state index in [0.29, 0.717) is 15.7 Å². The number of hydrogen-bond donors (Lipinski definition) is 2. The lowest BCUT2D eigenvalue weighted by Gasteiger charge is -2.25. The molecule has 0 fully saturated rings. The van der Waals surface area contributed by atoms with Crippen LogP contribution in [0.3, 0.4) is 0 Å². The Hall–Kier alpha value is -1.56. The van der Waals surface area contributed by atoms with Gasteiger partial charge in [-0.15, -0.1) is 0 Å². The third-order valence-electron chi connectivity index (χ3n) is 2.38. The van der Waals surface area contributed by atoms with Crippen molar-refractivity contribution in [2.75, 3.05) is 12.3 Å². The van der Waals surface area contributed by atoms with Crippen LogP contribution in [0.25, 0.3) is 0 Å². The van der Waals surface area contributed by atoms with E-state index in [9.17, 15) is 9.59 Å². The second-order valence-electron chi connectivity index (χ2n) is 4.27. The number of nitrogens with zero attached hydrogens (tertiary/aromatic N) is 1. The van der Waals surface area contributed by atoms with Crippen molar-refractivity contribution in [1.29, 1.82) is 0 Å². The lowest BCUT2D eigenvalue weighted by molar-refractivity contribution is -0.119. The Bertz CT molecular complexity index is 454. The molecule has 98 valence electrons. The molecule has 0 aliphatic carbocycles. The van der Waals surface area contributed by atoms with Gasteiger partial charge in [-0.3, -0.25) is 9.59 Å². The van der Waals surface area contributed by atoms with Gasteiger partial charge in [0.05, 0.1) is 6.54 Å². The second-order valence-corrected chi connectivity index (χ2v) is 5.18. The molecule has 0 unspecified atom stereocenters. The molecule has 1 rings (SSSR count). The first kappa shape index (κ1) is 14.5. The summed E-state index contributed by atoms with van der Waals surface area (Å²) in [6.45, 7) is 3.54. The van der Waals surface area contributed by atoms with Gasteiger partial charge >= 0.3 is 0 Å². The van der Waals surface area contributed by atoms with Crippen LogP contribution < -0.4 is 11.5 Å². The molecule has 0 aliphatic heterocycles. The molecular formula is C12H16BrN3O2. The smallest absolute Gasteiger partial charge is 0.254 e. The molecule has 0 radical (unpaired) electrons. The van der Waals surface area contributed by atoms with Crippen LogP contribution in [-0.2, 0) is 4.79 Å². The highest BCUT2D eigenvalue weighted by Gasteiger charge is 2.20. The number of amides is 2. The summed E-state index contributed by atoms with van der Waals surface area (Å²) >= 11 is 3.28. The highest BCUT2D eigenvalue weighted by atomic mass is 79.9. The summed E-state index contributed by atoms with van der Waals surface area (Å²) < 4.78 is 0.716. The van der Waals surface area contributed by atoms with Crippen LogP contribution >= 0.6 is 15.9 Å². The first-order valence-electron chi connectivity index (χ1n) is 5.46. The van der Waals surface area contributed by atoms with Gasteiger partial charge < -0.3 is 16.4 Å². The third-order valence-corrected chi connectivity index (χ3v) is 2.84. The predicted octanol–water partition coefficient (Wildman–Crippen LogP) is 1.37. The average Bonchev–Trinajstić information content (AvgIpc) is 2.23. The summed E-state index contributed by atoms with van der Waals surface area (Å²) in [5.41, 5.74) is 11.7. The minimum atomic E-state index is -0.542. The molecule has 1 aromatic rings. The Morgan fingerprint density at radius 1 is 1.33 bits per heavy atom. The van der Waals surface area contributed by atoms with E-state index in [-0.39, 0.29) is 18.5 Å². The van der Waals surface area contributed by atoms with Crippen molar-refractivity contribution in [3.8, 4) is 0 Å². The van der Waals surface area contributed by atoms with Crippen LogP contribution in [-0.4, -0.2) is 29.3 Å².